The molecule has 1 aromatic heterocycles. The Hall–Kier alpha value is -3.68. The average molecular weight is 494 g/mol. The molecular weight excluding hydrogens is 464 g/mol. The molecule has 1 amide bonds. The van der Waals surface area contributed by atoms with Crippen molar-refractivity contribution >= 4 is 28.6 Å². The molecule has 1 saturated heterocycles. The quantitative estimate of drug-likeness (QED) is 0.449. The molecule has 0 atom stereocenters. The summed E-state index contributed by atoms with van der Waals surface area (Å²) in [6.07, 6.45) is 7.31. The molecule has 1 fully saturated rings. The molecule has 3 aromatic rings. The largest absolute Gasteiger partial charge is 0.497 e. The van der Waals surface area contributed by atoms with E-state index >= 15 is 0 Å². The Bertz CT molecular complexity index is 1280. The number of methoxy groups -OCH3 is 1. The number of pyridine rings is 1. The van der Waals surface area contributed by atoms with Crippen LogP contribution in [0, 0.1) is 17.6 Å². The summed E-state index contributed by atoms with van der Waals surface area (Å²) in [5, 5.41) is 1.02. The van der Waals surface area contributed by atoms with Crippen LogP contribution in [-0.4, -0.2) is 55.7 Å². The van der Waals surface area contributed by atoms with Gasteiger partial charge >= 0.3 is 0 Å². The molecule has 188 valence electrons. The molecular formula is C28H29F2N3O3. The Balaban J connectivity index is 1.19. The number of nitrogens with zero attached hydrogens (tertiary/aromatic N) is 3. The number of amides is 1. The Kier molecular flexibility index (Phi) is 7.02. The minimum atomic E-state index is -0.550. The van der Waals surface area contributed by atoms with Gasteiger partial charge in [-0.1, -0.05) is 0 Å². The second-order valence-electron chi connectivity index (χ2n) is 9.25. The number of rotatable bonds is 6. The van der Waals surface area contributed by atoms with Crippen LogP contribution in [0.15, 0.2) is 48.7 Å². The smallest absolute Gasteiger partial charge is 0.246 e. The number of aromatic nitrogens is 1. The third kappa shape index (κ3) is 5.12. The van der Waals surface area contributed by atoms with Gasteiger partial charge in [0.15, 0.2) is 5.75 Å². The molecule has 0 unspecified atom stereocenters. The lowest BCUT2D eigenvalue weighted by Gasteiger charge is -2.35. The third-order valence-electron chi connectivity index (χ3n) is 7.05. The summed E-state index contributed by atoms with van der Waals surface area (Å²) in [5.74, 6) is 0.833. The number of fused-ring (bicyclic) bond motifs is 3. The molecule has 2 aliphatic rings. The van der Waals surface area contributed by atoms with Crippen molar-refractivity contribution < 1.29 is 23.0 Å². The van der Waals surface area contributed by atoms with E-state index in [4.69, 9.17) is 9.47 Å². The molecule has 0 spiro atoms. The summed E-state index contributed by atoms with van der Waals surface area (Å²) in [7, 11) is 1.66. The van der Waals surface area contributed by atoms with Crippen LogP contribution >= 0.6 is 0 Å². The van der Waals surface area contributed by atoms with Crippen LogP contribution < -0.4 is 14.4 Å². The van der Waals surface area contributed by atoms with E-state index in [1.54, 1.807) is 18.2 Å². The first-order valence-electron chi connectivity index (χ1n) is 12.3. The molecule has 8 heteroatoms. The number of carbonyl (C=O) groups is 1. The predicted molar refractivity (Wildman–Crippen MR) is 135 cm³/mol. The number of ether oxygens (including phenoxy) is 2. The minimum absolute atomic E-state index is 0.0735. The second-order valence-corrected chi connectivity index (χ2v) is 9.25. The highest BCUT2D eigenvalue weighted by molar-refractivity contribution is 5.96. The third-order valence-corrected chi connectivity index (χ3v) is 7.05. The first-order chi connectivity index (χ1) is 17.5. The fraction of sp³-hybridized carbons (Fsp3) is 0.357. The van der Waals surface area contributed by atoms with Gasteiger partial charge in [-0.3, -0.25) is 9.78 Å². The van der Waals surface area contributed by atoms with E-state index < -0.39 is 11.6 Å². The minimum Gasteiger partial charge on any atom is -0.497 e. The summed E-state index contributed by atoms with van der Waals surface area (Å²) in [4.78, 5) is 21.3. The molecule has 5 rings (SSSR count). The second kappa shape index (κ2) is 10.5. The Morgan fingerprint density at radius 2 is 2.00 bits per heavy atom. The van der Waals surface area contributed by atoms with Crippen LogP contribution in [0.5, 0.6) is 11.5 Å². The van der Waals surface area contributed by atoms with Gasteiger partial charge in [0, 0.05) is 36.7 Å². The average Bonchev–Trinajstić information content (AvgIpc) is 2.91. The fourth-order valence-corrected chi connectivity index (χ4v) is 4.99. The van der Waals surface area contributed by atoms with Crippen LogP contribution in [0.4, 0.5) is 14.5 Å². The SMILES string of the molecule is COc1ccc2ncc3c(c2c1)N(CCC1CCN(C(=O)/C=C/c2cc(F)ccc2F)CC1)CCO3. The number of hydrogen-bond acceptors (Lipinski definition) is 5. The molecule has 0 N–H and O–H groups in total. The van der Waals surface area contributed by atoms with Crippen molar-refractivity contribution in [3.8, 4) is 11.5 Å². The van der Waals surface area contributed by atoms with Gasteiger partial charge in [0.2, 0.25) is 5.91 Å². The fourth-order valence-electron chi connectivity index (χ4n) is 4.99. The van der Waals surface area contributed by atoms with Gasteiger partial charge < -0.3 is 19.3 Å². The molecule has 36 heavy (non-hydrogen) atoms. The normalized spacial score (nSPS) is 16.3. The van der Waals surface area contributed by atoms with Gasteiger partial charge in [-0.25, -0.2) is 8.78 Å². The predicted octanol–water partition coefficient (Wildman–Crippen LogP) is 5.06. The van der Waals surface area contributed by atoms with Crippen LogP contribution in [0.2, 0.25) is 0 Å². The summed E-state index contributed by atoms with van der Waals surface area (Å²) in [5.41, 5.74) is 2.04. The lowest BCUT2D eigenvalue weighted by Crippen LogP contribution is -2.39. The van der Waals surface area contributed by atoms with E-state index in [2.05, 4.69) is 9.88 Å². The van der Waals surface area contributed by atoms with E-state index in [1.165, 1.54) is 12.2 Å². The molecule has 3 heterocycles. The van der Waals surface area contributed by atoms with Crippen molar-refractivity contribution in [3.05, 3.63) is 65.9 Å². The standard InChI is InChI=1S/C28H29F2N3O3/c1-35-22-4-6-25-23(17-22)28-26(18-31-25)36-15-14-33(28)13-10-19-8-11-32(12-9-19)27(34)7-2-20-16-21(29)3-5-24(20)30/h2-7,16-19H,8-15H2,1H3/b7-2+. The van der Waals surface area contributed by atoms with Crippen molar-refractivity contribution in [2.24, 2.45) is 5.92 Å². The molecule has 6 nitrogen and oxygen atoms in total. The number of likely N-dealkylation sites (tertiary alicyclic amines) is 1. The highest BCUT2D eigenvalue weighted by atomic mass is 19.1. The van der Waals surface area contributed by atoms with Crippen molar-refractivity contribution in [1.82, 2.24) is 9.88 Å². The topological polar surface area (TPSA) is 54.9 Å². The molecule has 0 radical (unpaired) electrons. The van der Waals surface area contributed by atoms with E-state index in [0.717, 1.165) is 78.6 Å². The first-order valence-corrected chi connectivity index (χ1v) is 12.3. The van der Waals surface area contributed by atoms with Crippen molar-refractivity contribution in [2.75, 3.05) is 44.8 Å². The van der Waals surface area contributed by atoms with Crippen LogP contribution in [0.3, 0.4) is 0 Å². The van der Waals surface area contributed by atoms with Crippen molar-refractivity contribution in [3.63, 3.8) is 0 Å². The van der Waals surface area contributed by atoms with Crippen molar-refractivity contribution in [1.29, 1.82) is 0 Å². The number of hydrogen-bond donors (Lipinski definition) is 0. The summed E-state index contributed by atoms with van der Waals surface area (Å²) < 4.78 is 38.5. The zero-order valence-electron chi connectivity index (χ0n) is 20.3. The Labute approximate surface area is 209 Å². The first kappa shape index (κ1) is 24.0. The number of benzene rings is 2. The Morgan fingerprint density at radius 1 is 1.17 bits per heavy atom. The van der Waals surface area contributed by atoms with Gasteiger partial charge in [0.25, 0.3) is 0 Å². The van der Waals surface area contributed by atoms with Gasteiger partial charge in [-0.05, 0) is 67.7 Å². The van der Waals surface area contributed by atoms with Crippen LogP contribution in [0.25, 0.3) is 17.0 Å². The maximum Gasteiger partial charge on any atom is 0.246 e. The molecule has 2 aliphatic heterocycles. The number of carbonyl (C=O) groups excluding carboxylic acids is 1. The monoisotopic (exact) mass is 493 g/mol. The molecule has 0 bridgehead atoms. The van der Waals surface area contributed by atoms with E-state index in [-0.39, 0.29) is 11.5 Å². The van der Waals surface area contributed by atoms with Crippen LogP contribution in [-0.2, 0) is 4.79 Å². The molecule has 0 aliphatic carbocycles. The zero-order valence-corrected chi connectivity index (χ0v) is 20.3. The van der Waals surface area contributed by atoms with Gasteiger partial charge in [-0.2, -0.15) is 0 Å². The number of piperidine rings is 1. The number of halogens is 2. The van der Waals surface area contributed by atoms with Crippen LogP contribution in [0.1, 0.15) is 24.8 Å². The highest BCUT2D eigenvalue weighted by Crippen LogP contribution is 2.39. The highest BCUT2D eigenvalue weighted by Gasteiger charge is 2.25. The maximum absolute atomic E-state index is 13.8. The zero-order chi connectivity index (χ0) is 25.1. The van der Waals surface area contributed by atoms with Crippen molar-refractivity contribution in [2.45, 2.75) is 19.3 Å². The number of anilines is 1. The maximum atomic E-state index is 13.8. The lowest BCUT2D eigenvalue weighted by molar-refractivity contribution is -0.127. The molecule has 2 aromatic carbocycles. The summed E-state index contributed by atoms with van der Waals surface area (Å²) >= 11 is 0. The van der Waals surface area contributed by atoms with E-state index in [1.807, 2.05) is 18.2 Å². The van der Waals surface area contributed by atoms with Gasteiger partial charge in [-0.15, -0.1) is 0 Å². The van der Waals surface area contributed by atoms with E-state index in [9.17, 15) is 13.6 Å². The summed E-state index contributed by atoms with van der Waals surface area (Å²) in [6, 6.07) is 9.10. The summed E-state index contributed by atoms with van der Waals surface area (Å²) in [6.45, 7) is 3.63. The Morgan fingerprint density at radius 3 is 2.81 bits per heavy atom. The van der Waals surface area contributed by atoms with Gasteiger partial charge in [0.05, 0.1) is 31.1 Å². The lowest BCUT2D eigenvalue weighted by atomic mass is 9.93. The van der Waals surface area contributed by atoms with Gasteiger partial charge in [0.1, 0.15) is 24.0 Å². The molecule has 0 saturated carbocycles. The van der Waals surface area contributed by atoms with E-state index in [0.29, 0.717) is 25.6 Å².